The van der Waals surface area contributed by atoms with Crippen LogP contribution in [-0.4, -0.2) is 63.8 Å². The molecule has 0 aliphatic carbocycles. The van der Waals surface area contributed by atoms with Gasteiger partial charge in [0.15, 0.2) is 0 Å². The van der Waals surface area contributed by atoms with Crippen molar-refractivity contribution >= 4 is 12.1 Å². The number of carboxylic acid groups (broad SMARTS) is 1. The third kappa shape index (κ3) is 5.68. The summed E-state index contributed by atoms with van der Waals surface area (Å²) in [7, 11) is 0. The lowest BCUT2D eigenvalue weighted by molar-refractivity contribution is -0.144. The van der Waals surface area contributed by atoms with Crippen LogP contribution in [0.5, 0.6) is 0 Å². The van der Waals surface area contributed by atoms with Crippen LogP contribution in [0.25, 0.3) is 0 Å². The second kappa shape index (κ2) is 7.51. The lowest BCUT2D eigenvalue weighted by Gasteiger charge is -2.45. The standard InChI is InChI=1S/C17H32N2O4/c1-11(2)19(12(3)4)14-8-13(15(20)21)9-18(10-14)16(22)23-17(5,6)7/h11-14H,8-10H2,1-7H3,(H,20,21). The second-order valence-electron chi connectivity index (χ2n) is 7.94. The first-order valence-electron chi connectivity index (χ1n) is 8.40. The molecule has 1 aliphatic heterocycles. The van der Waals surface area contributed by atoms with Crippen molar-refractivity contribution in [3.05, 3.63) is 0 Å². The molecule has 134 valence electrons. The van der Waals surface area contributed by atoms with Crippen LogP contribution in [0.1, 0.15) is 54.9 Å². The zero-order valence-corrected chi connectivity index (χ0v) is 15.5. The van der Waals surface area contributed by atoms with Crippen molar-refractivity contribution in [1.29, 1.82) is 0 Å². The molecule has 0 spiro atoms. The topological polar surface area (TPSA) is 70.1 Å². The minimum Gasteiger partial charge on any atom is -0.481 e. The van der Waals surface area contributed by atoms with E-state index in [-0.39, 0.29) is 24.7 Å². The molecule has 0 aromatic rings. The van der Waals surface area contributed by atoms with Gasteiger partial charge in [-0.15, -0.1) is 0 Å². The maximum Gasteiger partial charge on any atom is 0.410 e. The summed E-state index contributed by atoms with van der Waals surface area (Å²) in [6, 6.07) is 0.596. The number of carboxylic acids is 1. The van der Waals surface area contributed by atoms with Crippen LogP contribution in [0.2, 0.25) is 0 Å². The highest BCUT2D eigenvalue weighted by molar-refractivity contribution is 5.73. The van der Waals surface area contributed by atoms with E-state index >= 15 is 0 Å². The number of likely N-dealkylation sites (tertiary alicyclic amines) is 1. The molecule has 2 unspecified atom stereocenters. The van der Waals surface area contributed by atoms with Crippen LogP contribution >= 0.6 is 0 Å². The minimum absolute atomic E-state index is 0.0253. The highest BCUT2D eigenvalue weighted by Gasteiger charge is 2.39. The number of amides is 1. The van der Waals surface area contributed by atoms with Gasteiger partial charge in [-0.3, -0.25) is 9.69 Å². The normalized spacial score (nSPS) is 22.8. The fraction of sp³-hybridized carbons (Fsp3) is 0.882. The first-order chi connectivity index (χ1) is 10.4. The number of aliphatic carboxylic acids is 1. The van der Waals surface area contributed by atoms with Gasteiger partial charge in [0.05, 0.1) is 5.92 Å². The van der Waals surface area contributed by atoms with E-state index in [1.165, 1.54) is 0 Å². The Balaban J connectivity index is 2.96. The molecule has 1 aliphatic rings. The van der Waals surface area contributed by atoms with Gasteiger partial charge in [-0.25, -0.2) is 4.79 Å². The molecule has 0 aromatic heterocycles. The van der Waals surface area contributed by atoms with Crippen molar-refractivity contribution in [3.63, 3.8) is 0 Å². The number of hydrogen-bond donors (Lipinski definition) is 1. The summed E-state index contributed by atoms with van der Waals surface area (Å²) in [5, 5.41) is 9.45. The average molecular weight is 328 g/mol. The number of rotatable bonds is 4. The van der Waals surface area contributed by atoms with E-state index in [1.807, 2.05) is 20.8 Å². The Morgan fingerprint density at radius 3 is 2.04 bits per heavy atom. The number of piperidine rings is 1. The first-order valence-corrected chi connectivity index (χ1v) is 8.40. The van der Waals surface area contributed by atoms with Crippen molar-refractivity contribution < 1.29 is 19.4 Å². The molecule has 0 bridgehead atoms. The van der Waals surface area contributed by atoms with E-state index in [9.17, 15) is 14.7 Å². The Morgan fingerprint density at radius 2 is 1.65 bits per heavy atom. The molecule has 1 N–H and O–H groups in total. The summed E-state index contributed by atoms with van der Waals surface area (Å²) in [5.41, 5.74) is -0.585. The Morgan fingerprint density at radius 1 is 1.13 bits per heavy atom. The fourth-order valence-corrected chi connectivity index (χ4v) is 3.38. The molecule has 1 amide bonds. The van der Waals surface area contributed by atoms with Gasteiger partial charge in [-0.05, 0) is 54.9 Å². The summed E-state index contributed by atoms with van der Waals surface area (Å²) >= 11 is 0. The number of carbonyl (C=O) groups is 2. The van der Waals surface area contributed by atoms with Crippen LogP contribution in [0, 0.1) is 5.92 Å². The van der Waals surface area contributed by atoms with Gasteiger partial charge >= 0.3 is 12.1 Å². The molecule has 23 heavy (non-hydrogen) atoms. The maximum atomic E-state index is 12.4. The Kier molecular flexibility index (Phi) is 6.45. The first kappa shape index (κ1) is 19.7. The SMILES string of the molecule is CC(C)N(C(C)C)C1CC(C(=O)O)CN(C(=O)OC(C)(C)C)C1. The Labute approximate surface area is 139 Å². The summed E-state index contributed by atoms with van der Waals surface area (Å²) in [4.78, 5) is 27.7. The van der Waals surface area contributed by atoms with Crippen LogP contribution in [-0.2, 0) is 9.53 Å². The van der Waals surface area contributed by atoms with Gasteiger partial charge in [0.1, 0.15) is 5.60 Å². The van der Waals surface area contributed by atoms with Crippen molar-refractivity contribution in [1.82, 2.24) is 9.80 Å². The molecule has 1 fully saturated rings. The summed E-state index contributed by atoms with van der Waals surface area (Å²) < 4.78 is 5.43. The van der Waals surface area contributed by atoms with Gasteiger partial charge in [-0.1, -0.05) is 0 Å². The quantitative estimate of drug-likeness (QED) is 0.859. The van der Waals surface area contributed by atoms with Gasteiger partial charge < -0.3 is 14.7 Å². The fourth-order valence-electron chi connectivity index (χ4n) is 3.38. The van der Waals surface area contributed by atoms with Crippen LogP contribution in [0.3, 0.4) is 0 Å². The third-order valence-corrected chi connectivity index (χ3v) is 4.04. The van der Waals surface area contributed by atoms with Gasteiger partial charge in [0.2, 0.25) is 0 Å². The molecule has 0 saturated carbocycles. The van der Waals surface area contributed by atoms with E-state index in [1.54, 1.807) is 4.90 Å². The molecule has 1 rings (SSSR count). The number of carbonyl (C=O) groups excluding carboxylic acids is 1. The average Bonchev–Trinajstić information content (AvgIpc) is 2.35. The van der Waals surface area contributed by atoms with Crippen molar-refractivity contribution in [2.75, 3.05) is 13.1 Å². The van der Waals surface area contributed by atoms with E-state index in [0.717, 1.165) is 0 Å². The van der Waals surface area contributed by atoms with Crippen LogP contribution in [0.15, 0.2) is 0 Å². The molecule has 2 atom stereocenters. The molecule has 0 aromatic carbocycles. The molecular weight excluding hydrogens is 296 g/mol. The monoisotopic (exact) mass is 328 g/mol. The molecule has 6 heteroatoms. The molecular formula is C17H32N2O4. The maximum absolute atomic E-state index is 12.4. The number of nitrogens with zero attached hydrogens (tertiary/aromatic N) is 2. The number of hydrogen-bond acceptors (Lipinski definition) is 4. The predicted octanol–water partition coefficient (Wildman–Crippen LogP) is 2.82. The van der Waals surface area contributed by atoms with Crippen molar-refractivity contribution in [2.45, 2.75) is 78.6 Å². The van der Waals surface area contributed by atoms with E-state index in [2.05, 4.69) is 32.6 Å². The molecule has 1 heterocycles. The highest BCUT2D eigenvalue weighted by Crippen LogP contribution is 2.26. The molecule has 1 saturated heterocycles. The van der Waals surface area contributed by atoms with E-state index in [4.69, 9.17) is 4.74 Å². The Hall–Kier alpha value is -1.30. The predicted molar refractivity (Wildman–Crippen MR) is 89.4 cm³/mol. The summed E-state index contributed by atoms with van der Waals surface area (Å²) in [6.07, 6.45) is 0.131. The highest BCUT2D eigenvalue weighted by atomic mass is 16.6. The second-order valence-corrected chi connectivity index (χ2v) is 7.94. The molecule has 0 radical (unpaired) electrons. The Bertz CT molecular complexity index is 421. The molecule has 6 nitrogen and oxygen atoms in total. The van der Waals surface area contributed by atoms with E-state index in [0.29, 0.717) is 13.0 Å². The van der Waals surface area contributed by atoms with E-state index < -0.39 is 23.6 Å². The van der Waals surface area contributed by atoms with Crippen LogP contribution in [0.4, 0.5) is 4.79 Å². The van der Waals surface area contributed by atoms with Gasteiger partial charge in [0, 0.05) is 31.2 Å². The third-order valence-electron chi connectivity index (χ3n) is 4.04. The lowest BCUT2D eigenvalue weighted by Crippen LogP contribution is -2.57. The zero-order chi connectivity index (χ0) is 17.9. The number of ether oxygens (including phenoxy) is 1. The summed E-state index contributed by atoms with van der Waals surface area (Å²) in [5.74, 6) is -1.41. The van der Waals surface area contributed by atoms with Gasteiger partial charge in [-0.2, -0.15) is 0 Å². The lowest BCUT2D eigenvalue weighted by atomic mass is 9.92. The van der Waals surface area contributed by atoms with Gasteiger partial charge in [0.25, 0.3) is 0 Å². The zero-order valence-electron chi connectivity index (χ0n) is 15.5. The minimum atomic E-state index is -0.851. The smallest absolute Gasteiger partial charge is 0.410 e. The largest absolute Gasteiger partial charge is 0.481 e. The van der Waals surface area contributed by atoms with Crippen molar-refractivity contribution in [3.8, 4) is 0 Å². The summed E-state index contributed by atoms with van der Waals surface area (Å²) in [6.45, 7) is 14.6. The van der Waals surface area contributed by atoms with Crippen LogP contribution < -0.4 is 0 Å². The van der Waals surface area contributed by atoms with Crippen molar-refractivity contribution in [2.24, 2.45) is 5.92 Å².